The summed E-state index contributed by atoms with van der Waals surface area (Å²) in [5.74, 6) is 0.353. The van der Waals surface area contributed by atoms with E-state index >= 15 is 0 Å². The van der Waals surface area contributed by atoms with E-state index < -0.39 is 5.60 Å². The van der Waals surface area contributed by atoms with E-state index in [-0.39, 0.29) is 24.5 Å². The van der Waals surface area contributed by atoms with Gasteiger partial charge in [-0.3, -0.25) is 0 Å². The average Bonchev–Trinajstić information content (AvgIpc) is 2.06. The highest BCUT2D eigenvalue weighted by Gasteiger charge is 2.29. The zero-order valence-electron chi connectivity index (χ0n) is 10.5. The van der Waals surface area contributed by atoms with E-state index in [4.69, 9.17) is 10.5 Å². The standard InChI is InChI=1S/C11H22N2O2.ClH/c1-8-7-13(6-5-9(8)12)10(14)15-11(2,3)4;/h8-9H,5-7,12H2,1-4H3;1H/t8-,9+;/m1./s1. The van der Waals surface area contributed by atoms with Crippen molar-refractivity contribution in [3.63, 3.8) is 0 Å². The number of ether oxygens (including phenoxy) is 1. The molecule has 1 fully saturated rings. The Kier molecular flexibility index (Phi) is 5.56. The molecule has 1 saturated heterocycles. The van der Waals surface area contributed by atoms with Crippen LogP contribution in [0.15, 0.2) is 0 Å². The maximum absolute atomic E-state index is 11.7. The molecule has 2 atom stereocenters. The normalized spacial score (nSPS) is 25.9. The summed E-state index contributed by atoms with van der Waals surface area (Å²) in [6.45, 7) is 9.12. The molecular formula is C11H23ClN2O2. The summed E-state index contributed by atoms with van der Waals surface area (Å²) >= 11 is 0. The number of nitrogens with two attached hydrogens (primary N) is 1. The van der Waals surface area contributed by atoms with Gasteiger partial charge in [0.2, 0.25) is 0 Å². The lowest BCUT2D eigenvalue weighted by molar-refractivity contribution is 0.0158. The summed E-state index contributed by atoms with van der Waals surface area (Å²) in [6, 6.07) is 0.212. The molecule has 0 aromatic carbocycles. The van der Waals surface area contributed by atoms with Crippen LogP contribution < -0.4 is 5.73 Å². The molecule has 0 aromatic rings. The van der Waals surface area contributed by atoms with Gasteiger partial charge in [-0.05, 0) is 33.1 Å². The summed E-state index contributed by atoms with van der Waals surface area (Å²) in [5, 5.41) is 0. The van der Waals surface area contributed by atoms with Gasteiger partial charge in [0.25, 0.3) is 0 Å². The number of piperidine rings is 1. The van der Waals surface area contributed by atoms with Gasteiger partial charge in [-0.1, -0.05) is 6.92 Å². The Labute approximate surface area is 104 Å². The summed E-state index contributed by atoms with van der Waals surface area (Å²) in [7, 11) is 0. The third-order valence-corrected chi connectivity index (χ3v) is 2.62. The number of carbonyl (C=O) groups excluding carboxylic acids is 1. The predicted molar refractivity (Wildman–Crippen MR) is 66.8 cm³/mol. The summed E-state index contributed by atoms with van der Waals surface area (Å²) < 4.78 is 5.31. The lowest BCUT2D eigenvalue weighted by atomic mass is 9.95. The summed E-state index contributed by atoms with van der Waals surface area (Å²) in [6.07, 6.45) is 0.640. The first-order chi connectivity index (χ1) is 6.79. The molecule has 0 aliphatic carbocycles. The molecule has 0 radical (unpaired) electrons. The van der Waals surface area contributed by atoms with E-state index in [0.717, 1.165) is 6.42 Å². The van der Waals surface area contributed by atoms with E-state index in [1.165, 1.54) is 0 Å². The van der Waals surface area contributed by atoms with Gasteiger partial charge in [0.15, 0.2) is 0 Å². The van der Waals surface area contributed by atoms with Crippen LogP contribution in [0.1, 0.15) is 34.1 Å². The van der Waals surface area contributed by atoms with Gasteiger partial charge in [-0.2, -0.15) is 0 Å². The first-order valence-electron chi connectivity index (χ1n) is 5.53. The van der Waals surface area contributed by atoms with Crippen LogP contribution in [0.5, 0.6) is 0 Å². The zero-order chi connectivity index (χ0) is 11.6. The number of nitrogens with zero attached hydrogens (tertiary/aromatic N) is 1. The second-order valence-corrected chi connectivity index (χ2v) is 5.36. The molecule has 2 N–H and O–H groups in total. The van der Waals surface area contributed by atoms with E-state index in [9.17, 15) is 4.79 Å². The fourth-order valence-corrected chi connectivity index (χ4v) is 1.66. The van der Waals surface area contributed by atoms with Crippen LogP contribution in [0.25, 0.3) is 0 Å². The molecule has 1 aliphatic heterocycles. The van der Waals surface area contributed by atoms with Crippen LogP contribution in [0.3, 0.4) is 0 Å². The van der Waals surface area contributed by atoms with Crippen molar-refractivity contribution in [2.24, 2.45) is 11.7 Å². The predicted octanol–water partition coefficient (Wildman–Crippen LogP) is 2.01. The topological polar surface area (TPSA) is 55.6 Å². The van der Waals surface area contributed by atoms with Crippen molar-refractivity contribution in [2.75, 3.05) is 13.1 Å². The number of carbonyl (C=O) groups is 1. The number of rotatable bonds is 0. The van der Waals surface area contributed by atoms with Gasteiger partial charge in [0, 0.05) is 19.1 Å². The maximum atomic E-state index is 11.7. The van der Waals surface area contributed by atoms with Crippen molar-refractivity contribution in [1.82, 2.24) is 4.90 Å². The third kappa shape index (κ3) is 4.58. The number of halogens is 1. The quantitative estimate of drug-likeness (QED) is 0.716. The van der Waals surface area contributed by atoms with Gasteiger partial charge in [-0.25, -0.2) is 4.79 Å². The van der Waals surface area contributed by atoms with E-state index in [1.807, 2.05) is 20.8 Å². The molecule has 0 aromatic heterocycles. The molecule has 0 saturated carbocycles. The number of amides is 1. The van der Waals surface area contributed by atoms with E-state index in [1.54, 1.807) is 4.90 Å². The fraction of sp³-hybridized carbons (Fsp3) is 0.909. The highest BCUT2D eigenvalue weighted by molar-refractivity contribution is 5.85. The Morgan fingerprint density at radius 3 is 2.44 bits per heavy atom. The summed E-state index contributed by atoms with van der Waals surface area (Å²) in [4.78, 5) is 13.5. The Bertz CT molecular complexity index is 241. The molecule has 0 spiro atoms. The molecule has 0 bridgehead atoms. The smallest absolute Gasteiger partial charge is 0.410 e. The fourth-order valence-electron chi connectivity index (χ4n) is 1.66. The Hall–Kier alpha value is -0.480. The van der Waals surface area contributed by atoms with Crippen molar-refractivity contribution in [3.8, 4) is 0 Å². The van der Waals surface area contributed by atoms with Gasteiger partial charge in [0.05, 0.1) is 0 Å². The molecule has 0 unspecified atom stereocenters. The molecule has 16 heavy (non-hydrogen) atoms. The second kappa shape index (κ2) is 5.73. The van der Waals surface area contributed by atoms with Gasteiger partial charge < -0.3 is 15.4 Å². The minimum Gasteiger partial charge on any atom is -0.444 e. The van der Waals surface area contributed by atoms with Gasteiger partial charge in [0.1, 0.15) is 5.60 Å². The first-order valence-corrected chi connectivity index (χ1v) is 5.53. The van der Waals surface area contributed by atoms with Crippen LogP contribution in [-0.2, 0) is 4.74 Å². The molecule has 4 nitrogen and oxygen atoms in total. The molecule has 1 amide bonds. The maximum Gasteiger partial charge on any atom is 0.410 e. The highest BCUT2D eigenvalue weighted by atomic mass is 35.5. The number of likely N-dealkylation sites (tertiary alicyclic amines) is 1. The Morgan fingerprint density at radius 2 is 2.00 bits per heavy atom. The van der Waals surface area contributed by atoms with Crippen LogP contribution >= 0.6 is 12.4 Å². The lowest BCUT2D eigenvalue weighted by Crippen LogP contribution is -2.49. The van der Waals surface area contributed by atoms with Crippen molar-refractivity contribution in [1.29, 1.82) is 0 Å². The molecular weight excluding hydrogens is 228 g/mol. The SMILES string of the molecule is C[C@@H]1CN(C(=O)OC(C)(C)C)CC[C@@H]1N.Cl. The van der Waals surface area contributed by atoms with Crippen LogP contribution in [0.4, 0.5) is 4.79 Å². The second-order valence-electron chi connectivity index (χ2n) is 5.36. The molecule has 1 heterocycles. The minimum absolute atomic E-state index is 0. The van der Waals surface area contributed by atoms with Crippen LogP contribution in [-0.4, -0.2) is 35.7 Å². The number of hydrogen-bond donors (Lipinski definition) is 1. The van der Waals surface area contributed by atoms with E-state index in [2.05, 4.69) is 6.92 Å². The molecule has 5 heteroatoms. The van der Waals surface area contributed by atoms with Crippen molar-refractivity contribution in [2.45, 2.75) is 45.8 Å². The van der Waals surface area contributed by atoms with Crippen LogP contribution in [0.2, 0.25) is 0 Å². The third-order valence-electron chi connectivity index (χ3n) is 2.62. The highest BCUT2D eigenvalue weighted by Crippen LogP contribution is 2.17. The largest absolute Gasteiger partial charge is 0.444 e. The average molecular weight is 251 g/mol. The lowest BCUT2D eigenvalue weighted by Gasteiger charge is -2.35. The molecule has 96 valence electrons. The Morgan fingerprint density at radius 1 is 1.44 bits per heavy atom. The van der Waals surface area contributed by atoms with Gasteiger partial charge in [-0.15, -0.1) is 12.4 Å². The molecule has 1 aliphatic rings. The number of hydrogen-bond acceptors (Lipinski definition) is 3. The zero-order valence-corrected chi connectivity index (χ0v) is 11.3. The minimum atomic E-state index is -0.417. The van der Waals surface area contributed by atoms with Crippen molar-refractivity contribution >= 4 is 18.5 Å². The first kappa shape index (κ1) is 15.5. The summed E-state index contributed by atoms with van der Waals surface area (Å²) in [5.41, 5.74) is 5.47. The van der Waals surface area contributed by atoms with Crippen molar-refractivity contribution < 1.29 is 9.53 Å². The van der Waals surface area contributed by atoms with E-state index in [0.29, 0.717) is 19.0 Å². The van der Waals surface area contributed by atoms with Gasteiger partial charge >= 0.3 is 6.09 Å². The monoisotopic (exact) mass is 250 g/mol. The van der Waals surface area contributed by atoms with Crippen molar-refractivity contribution in [3.05, 3.63) is 0 Å². The Balaban J connectivity index is 0.00000225. The molecule has 1 rings (SSSR count). The van der Waals surface area contributed by atoms with Crippen LogP contribution in [0, 0.1) is 5.92 Å².